The summed E-state index contributed by atoms with van der Waals surface area (Å²) in [6.45, 7) is 6.70. The predicted molar refractivity (Wildman–Crippen MR) is 50.2 cm³/mol. The van der Waals surface area contributed by atoms with Gasteiger partial charge in [-0.1, -0.05) is 40.0 Å². The van der Waals surface area contributed by atoms with Gasteiger partial charge >= 0.3 is 26.2 Å². The Labute approximate surface area is 119 Å². The molecular formula is C11H17Cl2Zr. The normalized spacial score (nSPS) is 8.21. The molecule has 0 unspecified atom stereocenters. The molecule has 0 aromatic heterocycles. The molecular weight excluding hydrogens is 294 g/mol. The molecule has 79 valence electrons. The van der Waals surface area contributed by atoms with E-state index in [-0.39, 0.29) is 51.0 Å². The Morgan fingerprint density at radius 1 is 1.07 bits per heavy atom. The van der Waals surface area contributed by atoms with Gasteiger partial charge < -0.3 is 24.8 Å². The van der Waals surface area contributed by atoms with Crippen LogP contribution < -0.4 is 24.8 Å². The Hall–Kier alpha value is 0.813. The van der Waals surface area contributed by atoms with E-state index in [0.29, 0.717) is 0 Å². The van der Waals surface area contributed by atoms with Crippen LogP contribution in [0.2, 0.25) is 0 Å². The summed E-state index contributed by atoms with van der Waals surface area (Å²) in [5, 5.41) is 0. The van der Waals surface area contributed by atoms with Gasteiger partial charge in [-0.05, 0) is 0 Å². The van der Waals surface area contributed by atoms with Crippen molar-refractivity contribution in [2.24, 2.45) is 0 Å². The first-order valence-electron chi connectivity index (χ1n) is 4.59. The van der Waals surface area contributed by atoms with E-state index >= 15 is 0 Å². The van der Waals surface area contributed by atoms with Gasteiger partial charge in [-0.15, -0.1) is 0 Å². The van der Waals surface area contributed by atoms with Crippen molar-refractivity contribution < 1.29 is 51.0 Å². The summed E-state index contributed by atoms with van der Waals surface area (Å²) in [7, 11) is 0. The fourth-order valence-electron chi connectivity index (χ4n) is 1.73. The molecule has 0 atom stereocenters. The maximum atomic E-state index is 2.28. The van der Waals surface area contributed by atoms with Crippen LogP contribution in [-0.4, -0.2) is 0 Å². The third-order valence-electron chi connectivity index (χ3n) is 2.38. The molecule has 0 fully saturated rings. The molecule has 1 aromatic carbocycles. The van der Waals surface area contributed by atoms with Crippen molar-refractivity contribution in [2.75, 3.05) is 0 Å². The van der Waals surface area contributed by atoms with Crippen molar-refractivity contribution in [2.45, 2.75) is 40.0 Å². The third kappa shape index (κ3) is 4.55. The Morgan fingerprint density at radius 3 is 2.00 bits per heavy atom. The van der Waals surface area contributed by atoms with E-state index in [4.69, 9.17) is 0 Å². The van der Waals surface area contributed by atoms with Gasteiger partial charge in [-0.25, -0.2) is 6.07 Å². The first-order valence-corrected chi connectivity index (χ1v) is 4.59. The summed E-state index contributed by atoms with van der Waals surface area (Å²) in [6.07, 6.45) is 3.56. The van der Waals surface area contributed by atoms with Gasteiger partial charge in [0.2, 0.25) is 0 Å². The molecule has 0 spiro atoms. The van der Waals surface area contributed by atoms with Gasteiger partial charge in [-0.2, -0.15) is 22.8 Å². The van der Waals surface area contributed by atoms with Crippen LogP contribution >= 0.6 is 0 Å². The summed E-state index contributed by atoms with van der Waals surface area (Å²) in [5.74, 6) is 0. The summed E-state index contributed by atoms with van der Waals surface area (Å²) in [4.78, 5) is 0. The monoisotopic (exact) mass is 309 g/mol. The minimum atomic E-state index is 0. The van der Waals surface area contributed by atoms with E-state index in [9.17, 15) is 0 Å². The van der Waals surface area contributed by atoms with Gasteiger partial charge in [0.15, 0.2) is 0 Å². The van der Waals surface area contributed by atoms with Gasteiger partial charge in [0.05, 0.1) is 0 Å². The van der Waals surface area contributed by atoms with Crippen LogP contribution in [0, 0.1) is 0 Å². The van der Waals surface area contributed by atoms with Crippen molar-refractivity contribution >= 4 is 0 Å². The Morgan fingerprint density at radius 2 is 1.64 bits per heavy atom. The fraction of sp³-hybridized carbons (Fsp3) is 0.545. The van der Waals surface area contributed by atoms with Gasteiger partial charge in [0, 0.05) is 0 Å². The average Bonchev–Trinajstić information content (AvgIpc) is 2.45. The summed E-state index contributed by atoms with van der Waals surface area (Å²) >= 11 is 0. The van der Waals surface area contributed by atoms with E-state index in [1.165, 1.54) is 19.3 Å². The molecule has 14 heavy (non-hydrogen) atoms. The number of aryl methyl sites for hydroxylation is 2. The summed E-state index contributed by atoms with van der Waals surface area (Å²) in [5.41, 5.74) is 4.68. The molecule has 1 rings (SSSR count). The number of hydrogen-bond acceptors (Lipinski definition) is 0. The van der Waals surface area contributed by atoms with Crippen LogP contribution in [0.1, 0.15) is 37.5 Å². The minimum Gasteiger partial charge on any atom is -1.00 e. The van der Waals surface area contributed by atoms with Crippen LogP contribution in [0.4, 0.5) is 0 Å². The Bertz CT molecular complexity index is 210. The first kappa shape index (κ1) is 20.3. The van der Waals surface area contributed by atoms with Crippen molar-refractivity contribution in [3.05, 3.63) is 28.8 Å². The molecule has 0 saturated heterocycles. The molecule has 0 aliphatic carbocycles. The van der Waals surface area contributed by atoms with E-state index in [2.05, 4.69) is 32.9 Å². The smallest absolute Gasteiger partial charge is 1.00 e. The molecule has 0 heterocycles. The zero-order valence-electron chi connectivity index (χ0n) is 9.03. The molecule has 1 radical (unpaired) electrons. The average molecular weight is 311 g/mol. The van der Waals surface area contributed by atoms with Crippen LogP contribution in [0.5, 0.6) is 0 Å². The molecule has 0 saturated carbocycles. The minimum absolute atomic E-state index is 0. The quantitative estimate of drug-likeness (QED) is 0.526. The molecule has 0 amide bonds. The van der Waals surface area contributed by atoms with E-state index in [0.717, 1.165) is 0 Å². The molecule has 0 aliphatic rings. The third-order valence-corrected chi connectivity index (χ3v) is 2.38. The Kier molecular flexibility index (Phi) is 15.0. The van der Waals surface area contributed by atoms with Crippen LogP contribution in [-0.2, 0) is 45.5 Å². The maximum Gasteiger partial charge on any atom is 3.00 e. The number of rotatable bonds is 3. The molecule has 1 aromatic rings. The largest absolute Gasteiger partial charge is 3.00 e. The Balaban J connectivity index is -0.000000403. The van der Waals surface area contributed by atoms with Crippen LogP contribution in [0.3, 0.4) is 0 Å². The SMILES string of the molecule is CCc1cc[c-](CC)c1CC.[Cl-].[Cl-].[Zr+3]. The van der Waals surface area contributed by atoms with Gasteiger partial charge in [0.1, 0.15) is 0 Å². The molecule has 0 bridgehead atoms. The number of halogens is 2. The molecule has 0 N–H and O–H groups in total. The van der Waals surface area contributed by atoms with E-state index in [1.807, 2.05) is 0 Å². The van der Waals surface area contributed by atoms with Crippen LogP contribution in [0.15, 0.2) is 12.1 Å². The van der Waals surface area contributed by atoms with Gasteiger partial charge in [-0.3, -0.25) is 0 Å². The second kappa shape index (κ2) is 10.3. The van der Waals surface area contributed by atoms with E-state index in [1.54, 1.807) is 16.7 Å². The second-order valence-corrected chi connectivity index (χ2v) is 2.92. The van der Waals surface area contributed by atoms with Crippen molar-refractivity contribution in [3.8, 4) is 0 Å². The van der Waals surface area contributed by atoms with Gasteiger partial charge in [0.25, 0.3) is 0 Å². The zero-order chi connectivity index (χ0) is 8.27. The number of hydrogen-bond donors (Lipinski definition) is 0. The van der Waals surface area contributed by atoms with Crippen molar-refractivity contribution in [1.29, 1.82) is 0 Å². The molecule has 0 aliphatic heterocycles. The molecule has 3 heteroatoms. The standard InChI is InChI=1S/C11H17.2ClH.Zr/c1-4-9-7-8-10(5-2)11(9)6-3;;;/h7-8H,4-6H2,1-3H3;2*1H;/q-1;;;+3/p-2. The fourth-order valence-corrected chi connectivity index (χ4v) is 1.73. The van der Waals surface area contributed by atoms with E-state index < -0.39 is 0 Å². The molecule has 0 nitrogen and oxygen atoms in total. The first-order chi connectivity index (χ1) is 5.33. The second-order valence-electron chi connectivity index (χ2n) is 2.92. The summed E-state index contributed by atoms with van der Waals surface area (Å²) in [6, 6.07) is 4.55. The summed E-state index contributed by atoms with van der Waals surface area (Å²) < 4.78 is 0. The topological polar surface area (TPSA) is 0 Å². The van der Waals surface area contributed by atoms with Crippen LogP contribution in [0.25, 0.3) is 0 Å². The maximum absolute atomic E-state index is 2.28. The van der Waals surface area contributed by atoms with Crippen molar-refractivity contribution in [3.63, 3.8) is 0 Å². The predicted octanol–water partition coefficient (Wildman–Crippen LogP) is -2.90. The van der Waals surface area contributed by atoms with Crippen molar-refractivity contribution in [1.82, 2.24) is 0 Å². The zero-order valence-corrected chi connectivity index (χ0v) is 13.0.